The van der Waals surface area contributed by atoms with Gasteiger partial charge in [0.25, 0.3) is 0 Å². The third kappa shape index (κ3) is 2.44. The maximum absolute atomic E-state index is 11.1. The van der Waals surface area contributed by atoms with Gasteiger partial charge in [-0.3, -0.25) is 4.79 Å². The molecule has 1 nitrogen and oxygen atoms in total. The van der Waals surface area contributed by atoms with Crippen LogP contribution in [0, 0.1) is 11.3 Å². The average molecular weight is 280 g/mol. The Morgan fingerprint density at radius 2 is 2.00 bits per heavy atom. The van der Waals surface area contributed by atoms with Crippen LogP contribution in [0.15, 0.2) is 0 Å². The molecule has 2 atom stereocenters. The first-order valence-corrected chi connectivity index (χ1v) is 5.81. The molecule has 0 aromatic heterocycles. The van der Waals surface area contributed by atoms with Crippen LogP contribution < -0.4 is 0 Å². The third-order valence-corrected chi connectivity index (χ3v) is 4.01. The number of carbonyl (C=O) groups excluding carboxylic acids is 1. The molecular formula is C10H17IO. The van der Waals surface area contributed by atoms with E-state index in [1.54, 1.807) is 0 Å². The molecule has 0 aromatic rings. The van der Waals surface area contributed by atoms with Crippen LogP contribution in [0.1, 0.15) is 40.0 Å². The van der Waals surface area contributed by atoms with Crippen LogP contribution in [0.4, 0.5) is 0 Å². The van der Waals surface area contributed by atoms with Crippen molar-refractivity contribution in [3.05, 3.63) is 0 Å². The van der Waals surface area contributed by atoms with E-state index in [2.05, 4.69) is 43.4 Å². The van der Waals surface area contributed by atoms with E-state index in [0.717, 1.165) is 25.2 Å². The van der Waals surface area contributed by atoms with Gasteiger partial charge in [0, 0.05) is 16.8 Å². The Balaban J connectivity index is 2.62. The lowest BCUT2D eigenvalue weighted by Gasteiger charge is -2.37. The lowest BCUT2D eigenvalue weighted by atomic mass is 9.72. The molecule has 1 saturated carbocycles. The fourth-order valence-electron chi connectivity index (χ4n) is 1.93. The fraction of sp³-hybridized carbons (Fsp3) is 0.900. The van der Waals surface area contributed by atoms with Crippen LogP contribution in [-0.4, -0.2) is 9.71 Å². The summed E-state index contributed by atoms with van der Waals surface area (Å²) in [5, 5.41) is 0. The molecule has 0 amide bonds. The second-order valence-corrected chi connectivity index (χ2v) is 6.37. The highest BCUT2D eigenvalue weighted by Crippen LogP contribution is 2.40. The van der Waals surface area contributed by atoms with Crippen LogP contribution in [0.2, 0.25) is 0 Å². The molecule has 0 N–H and O–H groups in total. The highest BCUT2D eigenvalue weighted by molar-refractivity contribution is 14.1. The predicted molar refractivity (Wildman–Crippen MR) is 59.6 cm³/mol. The second kappa shape index (κ2) is 3.64. The molecule has 0 radical (unpaired) electrons. The molecule has 1 aliphatic rings. The van der Waals surface area contributed by atoms with Crippen molar-refractivity contribution in [3.63, 3.8) is 0 Å². The number of rotatable bonds is 0. The fourth-order valence-corrected chi connectivity index (χ4v) is 3.86. The number of Topliss-reactive ketones (excluding diaryl/α,β-unsaturated/α-hetero) is 1. The molecular weight excluding hydrogens is 263 g/mol. The summed E-state index contributed by atoms with van der Waals surface area (Å²) in [5.74, 6) is 1.17. The zero-order valence-electron chi connectivity index (χ0n) is 8.06. The number of halogens is 1. The Hall–Kier alpha value is 0.400. The Morgan fingerprint density at radius 3 is 2.42 bits per heavy atom. The van der Waals surface area contributed by atoms with Crippen molar-refractivity contribution in [2.75, 3.05) is 0 Å². The summed E-state index contributed by atoms with van der Waals surface area (Å²) >= 11 is 2.44. The van der Waals surface area contributed by atoms with Gasteiger partial charge in [-0.15, -0.1) is 0 Å². The minimum Gasteiger partial charge on any atom is -0.300 e. The molecule has 1 rings (SSSR count). The lowest BCUT2D eigenvalue weighted by molar-refractivity contribution is -0.121. The molecule has 0 aromatic carbocycles. The molecule has 1 fully saturated rings. The SMILES string of the molecule is CC(C)(C)C1CCC(=O)CC1I. The van der Waals surface area contributed by atoms with Crippen molar-refractivity contribution in [1.82, 2.24) is 0 Å². The molecule has 0 aliphatic heterocycles. The minimum absolute atomic E-state index is 0.368. The number of hydrogen-bond donors (Lipinski definition) is 0. The predicted octanol–water partition coefficient (Wildman–Crippen LogP) is 3.21. The Kier molecular flexibility index (Phi) is 3.18. The van der Waals surface area contributed by atoms with Crippen LogP contribution in [0.5, 0.6) is 0 Å². The summed E-state index contributed by atoms with van der Waals surface area (Å²) in [5.41, 5.74) is 0.368. The molecule has 1 aliphatic carbocycles. The number of hydrogen-bond acceptors (Lipinski definition) is 1. The normalized spacial score (nSPS) is 32.2. The summed E-state index contributed by atoms with van der Waals surface area (Å²) in [4.78, 5) is 11.1. The zero-order valence-corrected chi connectivity index (χ0v) is 10.2. The first kappa shape index (κ1) is 10.5. The van der Waals surface area contributed by atoms with Crippen molar-refractivity contribution < 1.29 is 4.79 Å². The van der Waals surface area contributed by atoms with Gasteiger partial charge in [0.15, 0.2) is 0 Å². The van der Waals surface area contributed by atoms with Gasteiger partial charge in [-0.05, 0) is 17.8 Å². The average Bonchev–Trinajstić information content (AvgIpc) is 1.83. The quantitative estimate of drug-likeness (QED) is 0.492. The van der Waals surface area contributed by atoms with Crippen molar-refractivity contribution >= 4 is 28.4 Å². The van der Waals surface area contributed by atoms with E-state index in [9.17, 15) is 4.79 Å². The van der Waals surface area contributed by atoms with E-state index in [-0.39, 0.29) is 0 Å². The first-order valence-electron chi connectivity index (χ1n) is 4.57. The molecule has 0 heterocycles. The largest absolute Gasteiger partial charge is 0.300 e. The van der Waals surface area contributed by atoms with Gasteiger partial charge in [0.05, 0.1) is 0 Å². The van der Waals surface area contributed by atoms with E-state index in [1.807, 2.05) is 0 Å². The molecule has 70 valence electrons. The van der Waals surface area contributed by atoms with Gasteiger partial charge in [-0.2, -0.15) is 0 Å². The van der Waals surface area contributed by atoms with E-state index < -0.39 is 0 Å². The topological polar surface area (TPSA) is 17.1 Å². The summed E-state index contributed by atoms with van der Waals surface area (Å²) in [6.07, 6.45) is 2.69. The molecule has 12 heavy (non-hydrogen) atoms. The van der Waals surface area contributed by atoms with E-state index in [1.165, 1.54) is 0 Å². The monoisotopic (exact) mass is 280 g/mol. The Bertz CT molecular complexity index is 181. The van der Waals surface area contributed by atoms with Gasteiger partial charge < -0.3 is 0 Å². The summed E-state index contributed by atoms with van der Waals surface area (Å²) in [7, 11) is 0. The van der Waals surface area contributed by atoms with Gasteiger partial charge in [-0.1, -0.05) is 43.4 Å². The smallest absolute Gasteiger partial charge is 0.133 e. The zero-order chi connectivity index (χ0) is 9.35. The van der Waals surface area contributed by atoms with E-state index in [4.69, 9.17) is 0 Å². The molecule has 2 unspecified atom stereocenters. The van der Waals surface area contributed by atoms with Crippen LogP contribution in [0.3, 0.4) is 0 Å². The molecule has 0 saturated heterocycles. The van der Waals surface area contributed by atoms with E-state index in [0.29, 0.717) is 15.1 Å². The Labute approximate surface area is 88.4 Å². The first-order chi connectivity index (χ1) is 5.41. The third-order valence-electron chi connectivity index (χ3n) is 2.71. The standard InChI is InChI=1S/C10H17IO/c1-10(2,3)8-5-4-7(12)6-9(8)11/h8-9H,4-6H2,1-3H3. The highest BCUT2D eigenvalue weighted by Gasteiger charge is 2.35. The molecule has 0 bridgehead atoms. The second-order valence-electron chi connectivity index (χ2n) is 4.77. The minimum atomic E-state index is 0.368. The maximum Gasteiger partial charge on any atom is 0.133 e. The van der Waals surface area contributed by atoms with Crippen molar-refractivity contribution in [1.29, 1.82) is 0 Å². The van der Waals surface area contributed by atoms with Gasteiger partial charge in [0.1, 0.15) is 5.78 Å². The number of ketones is 1. The van der Waals surface area contributed by atoms with Crippen LogP contribution in [-0.2, 0) is 4.79 Å². The molecule has 2 heteroatoms. The Morgan fingerprint density at radius 1 is 1.42 bits per heavy atom. The lowest BCUT2D eigenvalue weighted by Crippen LogP contribution is -2.34. The van der Waals surface area contributed by atoms with Crippen molar-refractivity contribution in [3.8, 4) is 0 Å². The summed E-state index contributed by atoms with van der Waals surface area (Å²) in [6.45, 7) is 6.83. The van der Waals surface area contributed by atoms with Gasteiger partial charge in [-0.25, -0.2) is 0 Å². The van der Waals surface area contributed by atoms with Gasteiger partial charge in [0.2, 0.25) is 0 Å². The van der Waals surface area contributed by atoms with Crippen LogP contribution >= 0.6 is 22.6 Å². The summed E-state index contributed by atoms with van der Waals surface area (Å²) in [6, 6.07) is 0. The highest BCUT2D eigenvalue weighted by atomic mass is 127. The van der Waals surface area contributed by atoms with E-state index >= 15 is 0 Å². The van der Waals surface area contributed by atoms with Crippen molar-refractivity contribution in [2.45, 2.75) is 44.0 Å². The summed E-state index contributed by atoms with van der Waals surface area (Å²) < 4.78 is 0.559. The number of carbonyl (C=O) groups is 1. The van der Waals surface area contributed by atoms with Crippen LogP contribution in [0.25, 0.3) is 0 Å². The van der Waals surface area contributed by atoms with Gasteiger partial charge >= 0.3 is 0 Å². The maximum atomic E-state index is 11.1. The number of alkyl halides is 1. The molecule has 0 spiro atoms. The van der Waals surface area contributed by atoms with Crippen molar-refractivity contribution in [2.24, 2.45) is 11.3 Å².